The number of nitrogens with zero attached hydrogens (tertiary/aromatic N) is 2. The average molecular weight is 420 g/mol. The van der Waals surface area contributed by atoms with Crippen molar-refractivity contribution in [3.8, 4) is 11.5 Å². The van der Waals surface area contributed by atoms with Gasteiger partial charge in [-0.15, -0.1) is 11.3 Å². The van der Waals surface area contributed by atoms with Crippen molar-refractivity contribution in [1.29, 1.82) is 0 Å². The van der Waals surface area contributed by atoms with Gasteiger partial charge < -0.3 is 9.47 Å². The third kappa shape index (κ3) is 4.26. The van der Waals surface area contributed by atoms with Crippen molar-refractivity contribution in [2.45, 2.75) is 12.5 Å². The number of benzene rings is 2. The molecule has 2 aromatic carbocycles. The first kappa shape index (κ1) is 19.8. The molecule has 0 spiro atoms. The van der Waals surface area contributed by atoms with Gasteiger partial charge >= 0.3 is 0 Å². The van der Waals surface area contributed by atoms with Crippen LogP contribution in [0.2, 0.25) is 0 Å². The fourth-order valence-corrected chi connectivity index (χ4v) is 4.10. The molecule has 7 heteroatoms. The van der Waals surface area contributed by atoms with Crippen molar-refractivity contribution in [1.82, 2.24) is 5.01 Å². The summed E-state index contributed by atoms with van der Waals surface area (Å²) in [5.74, 6) is 0.999. The number of hydrogen-bond acceptors (Lipinski definition) is 6. The van der Waals surface area contributed by atoms with Crippen LogP contribution < -0.4 is 9.47 Å². The van der Waals surface area contributed by atoms with Crippen LogP contribution >= 0.6 is 11.3 Å². The fourth-order valence-electron chi connectivity index (χ4n) is 3.29. The Balaban J connectivity index is 1.54. The van der Waals surface area contributed by atoms with E-state index in [1.165, 1.54) is 5.01 Å². The summed E-state index contributed by atoms with van der Waals surface area (Å²) in [6.45, 7) is -0.163. The predicted octanol–water partition coefficient (Wildman–Crippen LogP) is 4.33. The Morgan fingerprint density at radius 3 is 2.70 bits per heavy atom. The van der Waals surface area contributed by atoms with E-state index in [-0.39, 0.29) is 18.6 Å². The van der Waals surface area contributed by atoms with Gasteiger partial charge in [-0.05, 0) is 53.4 Å². The van der Waals surface area contributed by atoms with Crippen LogP contribution in [0, 0.1) is 0 Å². The molecule has 0 saturated carbocycles. The summed E-state index contributed by atoms with van der Waals surface area (Å²) < 4.78 is 10.8. The molecule has 30 heavy (non-hydrogen) atoms. The minimum atomic E-state index is -0.242. The second-order valence-corrected chi connectivity index (χ2v) is 7.71. The molecule has 0 N–H and O–H groups in total. The van der Waals surface area contributed by atoms with E-state index in [9.17, 15) is 9.59 Å². The molecular formula is C23H20N2O4S. The van der Waals surface area contributed by atoms with Gasteiger partial charge in [-0.25, -0.2) is 5.01 Å². The molecule has 0 bridgehead atoms. The number of carbonyl (C=O) groups is 2. The lowest BCUT2D eigenvalue weighted by molar-refractivity contribution is -0.135. The van der Waals surface area contributed by atoms with E-state index in [2.05, 4.69) is 5.10 Å². The maximum atomic E-state index is 13.0. The number of aldehydes is 1. The molecule has 1 unspecified atom stereocenters. The van der Waals surface area contributed by atoms with Gasteiger partial charge in [0, 0.05) is 16.9 Å². The van der Waals surface area contributed by atoms with E-state index < -0.39 is 0 Å². The average Bonchev–Trinajstić information content (AvgIpc) is 3.47. The number of rotatable bonds is 7. The van der Waals surface area contributed by atoms with E-state index >= 15 is 0 Å². The summed E-state index contributed by atoms with van der Waals surface area (Å²) in [6.07, 6.45) is 1.37. The largest absolute Gasteiger partial charge is 0.497 e. The van der Waals surface area contributed by atoms with Gasteiger partial charge in [0.05, 0.1) is 18.9 Å². The number of thiophene rings is 1. The number of amides is 1. The highest BCUT2D eigenvalue weighted by molar-refractivity contribution is 7.10. The second-order valence-electron chi connectivity index (χ2n) is 6.73. The van der Waals surface area contributed by atoms with E-state index in [1.807, 2.05) is 41.8 Å². The van der Waals surface area contributed by atoms with E-state index in [4.69, 9.17) is 9.47 Å². The maximum absolute atomic E-state index is 13.0. The number of carbonyl (C=O) groups excluding carboxylic acids is 2. The highest BCUT2D eigenvalue weighted by atomic mass is 32.1. The summed E-state index contributed by atoms with van der Waals surface area (Å²) in [5, 5.41) is 8.13. The van der Waals surface area contributed by atoms with Crippen LogP contribution in [-0.2, 0) is 4.79 Å². The molecule has 4 rings (SSSR count). The van der Waals surface area contributed by atoms with Gasteiger partial charge in [-0.2, -0.15) is 5.10 Å². The van der Waals surface area contributed by atoms with Crippen molar-refractivity contribution in [3.63, 3.8) is 0 Å². The highest BCUT2D eigenvalue weighted by Crippen LogP contribution is 2.35. The van der Waals surface area contributed by atoms with Gasteiger partial charge in [0.15, 0.2) is 6.61 Å². The quantitative estimate of drug-likeness (QED) is 0.534. The molecule has 6 nitrogen and oxygen atoms in total. The van der Waals surface area contributed by atoms with Crippen molar-refractivity contribution in [3.05, 3.63) is 82.0 Å². The number of methoxy groups -OCH3 is 1. The minimum absolute atomic E-state index is 0.163. The van der Waals surface area contributed by atoms with E-state index in [0.29, 0.717) is 17.7 Å². The SMILES string of the molecule is COc1ccc(C2=NN(C(=O)COc3cccc(C=O)c3)C(c3cccs3)C2)cc1. The van der Waals surface area contributed by atoms with Crippen molar-refractivity contribution in [2.24, 2.45) is 5.10 Å². The Morgan fingerprint density at radius 2 is 2.00 bits per heavy atom. The summed E-state index contributed by atoms with van der Waals surface area (Å²) in [6, 6.07) is 18.2. The Labute approximate surface area is 178 Å². The Kier molecular flexibility index (Phi) is 5.90. The van der Waals surface area contributed by atoms with Gasteiger partial charge in [-0.3, -0.25) is 9.59 Å². The third-order valence-corrected chi connectivity index (χ3v) is 5.79. The van der Waals surface area contributed by atoms with Gasteiger partial charge in [-0.1, -0.05) is 18.2 Å². The molecular weight excluding hydrogens is 400 g/mol. The number of hydrazone groups is 1. The third-order valence-electron chi connectivity index (χ3n) is 4.82. The molecule has 1 atom stereocenters. The van der Waals surface area contributed by atoms with Crippen molar-refractivity contribution < 1.29 is 19.1 Å². The first-order chi connectivity index (χ1) is 14.7. The molecule has 152 valence electrons. The number of ether oxygens (including phenoxy) is 2. The topological polar surface area (TPSA) is 68.2 Å². The van der Waals surface area contributed by atoms with Crippen LogP contribution in [0.5, 0.6) is 11.5 Å². The summed E-state index contributed by atoms with van der Waals surface area (Å²) in [4.78, 5) is 25.0. The Hall–Kier alpha value is -3.45. The lowest BCUT2D eigenvalue weighted by Gasteiger charge is -2.20. The fraction of sp³-hybridized carbons (Fsp3) is 0.174. The lowest BCUT2D eigenvalue weighted by Crippen LogP contribution is -2.31. The Morgan fingerprint density at radius 1 is 1.17 bits per heavy atom. The molecule has 0 fully saturated rings. The highest BCUT2D eigenvalue weighted by Gasteiger charge is 2.33. The molecule has 0 radical (unpaired) electrons. The molecule has 1 aliphatic rings. The zero-order valence-corrected chi connectivity index (χ0v) is 17.2. The molecule has 1 amide bonds. The van der Waals surface area contributed by atoms with Gasteiger partial charge in [0.2, 0.25) is 0 Å². The zero-order valence-electron chi connectivity index (χ0n) is 16.4. The van der Waals surface area contributed by atoms with E-state index in [1.54, 1.807) is 42.7 Å². The molecule has 1 aromatic heterocycles. The summed E-state index contributed by atoms with van der Waals surface area (Å²) in [7, 11) is 1.63. The lowest BCUT2D eigenvalue weighted by atomic mass is 10.0. The first-order valence-corrected chi connectivity index (χ1v) is 10.3. The molecule has 2 heterocycles. The zero-order chi connectivity index (χ0) is 20.9. The molecule has 3 aromatic rings. The summed E-state index contributed by atoms with van der Waals surface area (Å²) >= 11 is 1.60. The van der Waals surface area contributed by atoms with Crippen LogP contribution in [0.3, 0.4) is 0 Å². The van der Waals surface area contributed by atoms with Gasteiger partial charge in [0.1, 0.15) is 17.8 Å². The molecule has 0 saturated heterocycles. The van der Waals surface area contributed by atoms with Crippen LogP contribution in [0.15, 0.2) is 71.1 Å². The van der Waals surface area contributed by atoms with Crippen molar-refractivity contribution in [2.75, 3.05) is 13.7 Å². The number of hydrogen-bond donors (Lipinski definition) is 0. The smallest absolute Gasteiger partial charge is 0.281 e. The Bertz CT molecular complexity index is 1060. The normalized spacial score (nSPS) is 15.6. The van der Waals surface area contributed by atoms with Gasteiger partial charge in [0.25, 0.3) is 5.91 Å². The monoisotopic (exact) mass is 420 g/mol. The summed E-state index contributed by atoms with van der Waals surface area (Å²) in [5.41, 5.74) is 2.29. The maximum Gasteiger partial charge on any atom is 0.281 e. The molecule has 1 aliphatic heterocycles. The van der Waals surface area contributed by atoms with Crippen LogP contribution in [-0.4, -0.2) is 36.6 Å². The van der Waals surface area contributed by atoms with Crippen LogP contribution in [0.25, 0.3) is 0 Å². The second kappa shape index (κ2) is 8.92. The van der Waals surface area contributed by atoms with Crippen molar-refractivity contribution >= 4 is 29.2 Å². The van der Waals surface area contributed by atoms with Crippen LogP contribution in [0.4, 0.5) is 0 Å². The molecule has 0 aliphatic carbocycles. The predicted molar refractivity (Wildman–Crippen MR) is 115 cm³/mol. The minimum Gasteiger partial charge on any atom is -0.497 e. The standard InChI is InChI=1S/C23H20N2O4S/c1-28-18-9-7-17(8-10-18)20-13-21(22-6-3-11-30-22)25(24-20)23(27)15-29-19-5-2-4-16(12-19)14-26/h2-12,14,21H,13,15H2,1H3. The first-order valence-electron chi connectivity index (χ1n) is 9.43. The van der Waals surface area contributed by atoms with E-state index in [0.717, 1.165) is 28.2 Å². The van der Waals surface area contributed by atoms with Crippen LogP contribution in [0.1, 0.15) is 33.3 Å².